The molecule has 0 amide bonds. The molecule has 1 aromatic rings. The summed E-state index contributed by atoms with van der Waals surface area (Å²) in [6, 6.07) is 5.02. The summed E-state index contributed by atoms with van der Waals surface area (Å²) in [5, 5.41) is 5.82. The quantitative estimate of drug-likeness (QED) is 0.859. The average Bonchev–Trinajstić information content (AvgIpc) is 2.94. The molecule has 1 fully saturated rings. The minimum Gasteiger partial charge on any atom is -0.315 e. The molecule has 1 aliphatic rings. The van der Waals surface area contributed by atoms with E-state index >= 15 is 0 Å². The third-order valence-corrected chi connectivity index (χ3v) is 6.22. The van der Waals surface area contributed by atoms with Gasteiger partial charge in [-0.15, -0.1) is 11.3 Å². The zero-order chi connectivity index (χ0) is 14.6. The van der Waals surface area contributed by atoms with E-state index in [0.717, 1.165) is 5.92 Å². The highest BCUT2D eigenvalue weighted by Crippen LogP contribution is 2.39. The molecule has 1 N–H and O–H groups in total. The molecule has 1 saturated carbocycles. The Kier molecular flexibility index (Phi) is 5.65. The van der Waals surface area contributed by atoms with Gasteiger partial charge in [0.25, 0.3) is 0 Å². The van der Waals surface area contributed by atoms with Crippen LogP contribution in [0.2, 0.25) is 0 Å². The van der Waals surface area contributed by atoms with Crippen molar-refractivity contribution in [1.29, 1.82) is 0 Å². The number of nitrogens with zero attached hydrogens (tertiary/aromatic N) is 1. The fourth-order valence-electron chi connectivity index (χ4n) is 3.79. The third-order valence-electron chi connectivity index (χ3n) is 5.29. The topological polar surface area (TPSA) is 15.3 Å². The molecule has 20 heavy (non-hydrogen) atoms. The van der Waals surface area contributed by atoms with Gasteiger partial charge in [-0.2, -0.15) is 0 Å². The minimum absolute atomic E-state index is 0.346. The van der Waals surface area contributed by atoms with Crippen LogP contribution in [0.5, 0.6) is 0 Å². The second-order valence-corrected chi connectivity index (χ2v) is 7.67. The number of likely N-dealkylation sites (N-methyl/N-ethyl adjacent to an activating group) is 2. The first-order valence-corrected chi connectivity index (χ1v) is 8.83. The van der Waals surface area contributed by atoms with Gasteiger partial charge >= 0.3 is 0 Å². The van der Waals surface area contributed by atoms with Crippen molar-refractivity contribution in [2.45, 2.75) is 57.0 Å². The number of thiophene rings is 1. The van der Waals surface area contributed by atoms with E-state index in [0.29, 0.717) is 11.6 Å². The highest BCUT2D eigenvalue weighted by molar-refractivity contribution is 7.09. The van der Waals surface area contributed by atoms with E-state index < -0.39 is 0 Å². The van der Waals surface area contributed by atoms with Gasteiger partial charge in [0.2, 0.25) is 0 Å². The van der Waals surface area contributed by atoms with Crippen LogP contribution in [0, 0.1) is 5.92 Å². The largest absolute Gasteiger partial charge is 0.315 e. The molecule has 0 aliphatic heterocycles. The second kappa shape index (κ2) is 7.06. The maximum Gasteiger partial charge on any atom is 0.0356 e. The predicted molar refractivity (Wildman–Crippen MR) is 89.5 cm³/mol. The van der Waals surface area contributed by atoms with Crippen molar-refractivity contribution < 1.29 is 0 Å². The zero-order valence-electron chi connectivity index (χ0n) is 13.5. The van der Waals surface area contributed by atoms with E-state index in [1.54, 1.807) is 0 Å². The van der Waals surface area contributed by atoms with E-state index in [9.17, 15) is 0 Å². The number of hydrogen-bond acceptors (Lipinski definition) is 3. The van der Waals surface area contributed by atoms with E-state index in [4.69, 9.17) is 0 Å². The molecule has 3 heteroatoms. The Bertz CT molecular complexity index is 378. The minimum atomic E-state index is 0.346. The first kappa shape index (κ1) is 16.0. The van der Waals surface area contributed by atoms with Gasteiger partial charge in [0, 0.05) is 16.5 Å². The Morgan fingerprint density at radius 2 is 2.10 bits per heavy atom. The normalized spacial score (nSPS) is 28.8. The van der Waals surface area contributed by atoms with Crippen LogP contribution in [0.1, 0.15) is 43.9 Å². The molecule has 1 heterocycles. The Morgan fingerprint density at radius 1 is 1.40 bits per heavy atom. The van der Waals surface area contributed by atoms with Gasteiger partial charge in [-0.05, 0) is 77.0 Å². The lowest BCUT2D eigenvalue weighted by Gasteiger charge is -2.50. The summed E-state index contributed by atoms with van der Waals surface area (Å²) in [4.78, 5) is 4.01. The monoisotopic (exact) mass is 294 g/mol. The summed E-state index contributed by atoms with van der Waals surface area (Å²) < 4.78 is 0. The number of nitrogens with one attached hydrogen (secondary N) is 1. The Hall–Kier alpha value is -0.380. The van der Waals surface area contributed by atoms with Crippen molar-refractivity contribution in [2.24, 2.45) is 5.92 Å². The lowest BCUT2D eigenvalue weighted by molar-refractivity contribution is 0.0432. The van der Waals surface area contributed by atoms with E-state index in [1.807, 2.05) is 11.3 Å². The molecular formula is C17H30N2S. The van der Waals surface area contributed by atoms with Crippen LogP contribution in [0.4, 0.5) is 0 Å². The fraction of sp³-hybridized carbons (Fsp3) is 0.765. The Labute approximate surface area is 128 Å². The summed E-state index contributed by atoms with van der Waals surface area (Å²) in [6.07, 6.45) is 7.84. The standard InChI is InChI=1S/C17H30N2S/c1-14-9-11-17(12-10-14,19(3)4)16(18-2)8-7-15-6-5-13-20-15/h5-6,13-14,16,18H,7-12H2,1-4H3. The molecule has 0 spiro atoms. The van der Waals surface area contributed by atoms with Gasteiger partial charge in [-0.25, -0.2) is 0 Å². The van der Waals surface area contributed by atoms with Crippen molar-refractivity contribution in [3.8, 4) is 0 Å². The summed E-state index contributed by atoms with van der Waals surface area (Å²) in [6.45, 7) is 2.40. The van der Waals surface area contributed by atoms with Crippen LogP contribution in [0.15, 0.2) is 17.5 Å². The summed E-state index contributed by atoms with van der Waals surface area (Å²) in [5.74, 6) is 0.901. The lowest BCUT2D eigenvalue weighted by atomic mass is 9.71. The van der Waals surface area contributed by atoms with Crippen LogP contribution >= 0.6 is 11.3 Å². The smallest absolute Gasteiger partial charge is 0.0356 e. The van der Waals surface area contributed by atoms with Crippen LogP contribution < -0.4 is 5.32 Å². The first-order chi connectivity index (χ1) is 9.58. The Morgan fingerprint density at radius 3 is 2.60 bits per heavy atom. The van der Waals surface area contributed by atoms with Gasteiger partial charge < -0.3 is 10.2 Å². The van der Waals surface area contributed by atoms with E-state index in [2.05, 4.69) is 55.8 Å². The van der Waals surface area contributed by atoms with Crippen molar-refractivity contribution in [3.63, 3.8) is 0 Å². The van der Waals surface area contributed by atoms with Crippen molar-refractivity contribution in [2.75, 3.05) is 21.1 Å². The molecule has 2 nitrogen and oxygen atoms in total. The molecule has 0 bridgehead atoms. The van der Waals surface area contributed by atoms with Crippen molar-refractivity contribution >= 4 is 11.3 Å². The van der Waals surface area contributed by atoms with Crippen LogP contribution in [-0.4, -0.2) is 37.6 Å². The highest BCUT2D eigenvalue weighted by Gasteiger charge is 2.42. The molecule has 1 aliphatic carbocycles. The predicted octanol–water partition coefficient (Wildman–Crippen LogP) is 3.78. The third kappa shape index (κ3) is 3.44. The first-order valence-electron chi connectivity index (χ1n) is 7.95. The maximum atomic E-state index is 3.63. The lowest BCUT2D eigenvalue weighted by Crippen LogP contribution is -2.60. The van der Waals surface area contributed by atoms with Crippen molar-refractivity contribution in [1.82, 2.24) is 10.2 Å². The molecule has 0 radical (unpaired) electrons. The average molecular weight is 295 g/mol. The molecule has 114 valence electrons. The molecule has 2 rings (SSSR count). The van der Waals surface area contributed by atoms with Crippen LogP contribution in [0.25, 0.3) is 0 Å². The van der Waals surface area contributed by atoms with Crippen LogP contribution in [0.3, 0.4) is 0 Å². The van der Waals surface area contributed by atoms with Gasteiger partial charge in [-0.1, -0.05) is 13.0 Å². The summed E-state index contributed by atoms with van der Waals surface area (Å²) in [5.41, 5.74) is 0.346. The number of hydrogen-bond donors (Lipinski definition) is 1. The summed E-state index contributed by atoms with van der Waals surface area (Å²) >= 11 is 1.89. The SMILES string of the molecule is CNC(CCc1cccs1)C1(N(C)C)CCC(C)CC1. The zero-order valence-corrected chi connectivity index (χ0v) is 14.3. The molecule has 0 aromatic carbocycles. The number of rotatable bonds is 6. The fourth-order valence-corrected chi connectivity index (χ4v) is 4.52. The van der Waals surface area contributed by atoms with Gasteiger partial charge in [-0.3, -0.25) is 0 Å². The van der Waals surface area contributed by atoms with Gasteiger partial charge in [0.1, 0.15) is 0 Å². The molecule has 1 unspecified atom stereocenters. The molecule has 0 saturated heterocycles. The second-order valence-electron chi connectivity index (χ2n) is 6.64. The van der Waals surface area contributed by atoms with Gasteiger partial charge in [0.15, 0.2) is 0 Å². The van der Waals surface area contributed by atoms with Gasteiger partial charge in [0.05, 0.1) is 0 Å². The maximum absolute atomic E-state index is 3.63. The Balaban J connectivity index is 2.05. The molecular weight excluding hydrogens is 264 g/mol. The van der Waals surface area contributed by atoms with Crippen LogP contribution in [-0.2, 0) is 6.42 Å². The highest BCUT2D eigenvalue weighted by atomic mass is 32.1. The van der Waals surface area contributed by atoms with E-state index in [1.165, 1.54) is 43.4 Å². The number of aryl methyl sites for hydroxylation is 1. The molecule has 1 aromatic heterocycles. The molecule has 1 atom stereocenters. The van der Waals surface area contributed by atoms with E-state index in [-0.39, 0.29) is 0 Å². The van der Waals surface area contributed by atoms with Crippen molar-refractivity contribution in [3.05, 3.63) is 22.4 Å². The summed E-state index contributed by atoms with van der Waals surface area (Å²) in [7, 11) is 6.68.